The lowest BCUT2D eigenvalue weighted by Crippen LogP contribution is -2.44. The van der Waals surface area contributed by atoms with Crippen LogP contribution < -0.4 is 10.6 Å². The van der Waals surface area contributed by atoms with Crippen molar-refractivity contribution in [3.8, 4) is 0 Å². The lowest BCUT2D eigenvalue weighted by Gasteiger charge is -2.20. The van der Waals surface area contributed by atoms with E-state index in [9.17, 15) is 8.42 Å². The normalized spacial score (nSPS) is 20.0. The van der Waals surface area contributed by atoms with Crippen molar-refractivity contribution in [2.24, 2.45) is 4.99 Å². The van der Waals surface area contributed by atoms with Crippen molar-refractivity contribution in [3.63, 3.8) is 0 Å². The van der Waals surface area contributed by atoms with Gasteiger partial charge >= 0.3 is 0 Å². The number of aliphatic imine (C=N–C) groups is 1. The monoisotopic (exact) mass is 474 g/mol. The fourth-order valence-electron chi connectivity index (χ4n) is 2.88. The second kappa shape index (κ2) is 13.2. The van der Waals surface area contributed by atoms with E-state index in [1.165, 1.54) is 12.8 Å². The van der Waals surface area contributed by atoms with Crippen molar-refractivity contribution in [2.75, 3.05) is 44.2 Å². The van der Waals surface area contributed by atoms with Crippen molar-refractivity contribution in [1.82, 2.24) is 15.5 Å². The Bertz CT molecular complexity index is 451. The third-order valence-corrected chi connectivity index (χ3v) is 5.67. The minimum atomic E-state index is -2.86. The predicted molar refractivity (Wildman–Crippen MR) is 113 cm³/mol. The Morgan fingerprint density at radius 2 is 1.83 bits per heavy atom. The fraction of sp³-hybridized carbons (Fsp3) is 0.938. The Hall–Kier alpha value is -0.0900. The summed E-state index contributed by atoms with van der Waals surface area (Å²) in [5, 5.41) is 6.46. The van der Waals surface area contributed by atoms with Crippen LogP contribution in [0.5, 0.6) is 0 Å². The van der Waals surface area contributed by atoms with Crippen molar-refractivity contribution >= 4 is 39.8 Å². The molecule has 0 aromatic carbocycles. The van der Waals surface area contributed by atoms with Gasteiger partial charge in [0.15, 0.2) is 15.8 Å². The molecule has 0 amide bonds. The maximum atomic E-state index is 11.5. The summed E-state index contributed by atoms with van der Waals surface area (Å²) < 4.78 is 23.1. The molecule has 6 nitrogen and oxygen atoms in total. The molecule has 0 aliphatic carbocycles. The molecular formula is C16H35IN4O2S. The van der Waals surface area contributed by atoms with E-state index in [0.29, 0.717) is 6.42 Å². The van der Waals surface area contributed by atoms with Crippen molar-refractivity contribution in [2.45, 2.75) is 52.5 Å². The minimum absolute atomic E-state index is 0. The Kier molecular flexibility index (Phi) is 13.1. The van der Waals surface area contributed by atoms with Gasteiger partial charge in [-0.1, -0.05) is 13.8 Å². The van der Waals surface area contributed by atoms with E-state index in [-0.39, 0.29) is 41.5 Å². The molecule has 1 heterocycles. The van der Waals surface area contributed by atoms with Gasteiger partial charge in [0.05, 0.1) is 11.5 Å². The molecule has 144 valence electrons. The van der Waals surface area contributed by atoms with Gasteiger partial charge in [0, 0.05) is 19.1 Å². The number of nitrogens with one attached hydrogen (secondary N) is 2. The molecule has 8 heteroatoms. The molecule has 1 saturated heterocycles. The van der Waals surface area contributed by atoms with Crippen LogP contribution in [0.3, 0.4) is 0 Å². The fourth-order valence-corrected chi connectivity index (χ4v) is 4.55. The molecule has 2 N–H and O–H groups in total. The van der Waals surface area contributed by atoms with E-state index < -0.39 is 9.84 Å². The summed E-state index contributed by atoms with van der Waals surface area (Å²) in [5.41, 5.74) is 0. The summed E-state index contributed by atoms with van der Waals surface area (Å²) in [6.07, 6.45) is 4.07. The number of rotatable bonds is 10. The highest BCUT2D eigenvalue weighted by Crippen LogP contribution is 2.10. The molecule has 1 aliphatic heterocycles. The van der Waals surface area contributed by atoms with E-state index in [1.54, 1.807) is 0 Å². The number of sulfone groups is 1. The number of hydrogen-bond acceptors (Lipinski definition) is 4. The Morgan fingerprint density at radius 1 is 1.17 bits per heavy atom. The standard InChI is InChI=1S/C16H34N4O2S.HI/c1-4-10-20(11-5-2)12-7-9-18-16(17-6-3)19-15-8-13-23(21,22)14-15;/h15H,4-14H2,1-3H3,(H2,17,18,19);1H. The number of halogens is 1. The first-order valence-corrected chi connectivity index (χ1v) is 10.8. The van der Waals surface area contributed by atoms with E-state index in [2.05, 4.69) is 34.4 Å². The van der Waals surface area contributed by atoms with Crippen molar-refractivity contribution in [3.05, 3.63) is 0 Å². The van der Waals surface area contributed by atoms with Crippen molar-refractivity contribution in [1.29, 1.82) is 0 Å². The van der Waals surface area contributed by atoms with Gasteiger partial charge in [0.1, 0.15) is 0 Å². The molecule has 0 spiro atoms. The predicted octanol–water partition coefficient (Wildman–Crippen LogP) is 1.86. The molecule has 24 heavy (non-hydrogen) atoms. The van der Waals surface area contributed by atoms with Gasteiger partial charge in [-0.15, -0.1) is 24.0 Å². The summed E-state index contributed by atoms with van der Waals surface area (Å²) in [6.45, 7) is 11.4. The van der Waals surface area contributed by atoms with Crippen LogP contribution >= 0.6 is 24.0 Å². The molecule has 1 rings (SSSR count). The zero-order valence-corrected chi connectivity index (χ0v) is 18.5. The van der Waals surface area contributed by atoms with Crippen LogP contribution in [0.15, 0.2) is 4.99 Å². The van der Waals surface area contributed by atoms with Crippen molar-refractivity contribution < 1.29 is 8.42 Å². The van der Waals surface area contributed by atoms with Crippen LogP contribution in [0.4, 0.5) is 0 Å². The smallest absolute Gasteiger partial charge is 0.191 e. The Labute approximate surface area is 165 Å². The van der Waals surface area contributed by atoms with Gasteiger partial charge < -0.3 is 15.5 Å². The summed E-state index contributed by atoms with van der Waals surface area (Å²) >= 11 is 0. The maximum Gasteiger partial charge on any atom is 0.191 e. The number of nitrogens with zero attached hydrogens (tertiary/aromatic N) is 2. The maximum absolute atomic E-state index is 11.5. The van der Waals surface area contributed by atoms with Gasteiger partial charge in [0.2, 0.25) is 0 Å². The third kappa shape index (κ3) is 10.0. The summed E-state index contributed by atoms with van der Waals surface area (Å²) in [4.78, 5) is 7.08. The summed E-state index contributed by atoms with van der Waals surface area (Å²) in [6, 6.07) is -0.00511. The molecule has 1 fully saturated rings. The van der Waals surface area contributed by atoms with Crippen LogP contribution in [0, 0.1) is 0 Å². The summed E-state index contributed by atoms with van der Waals surface area (Å²) in [5.74, 6) is 1.25. The molecule has 0 aromatic rings. The first-order chi connectivity index (χ1) is 11.0. The van der Waals surface area contributed by atoms with Gasteiger partial charge in [-0.05, 0) is 52.2 Å². The first kappa shape index (κ1) is 23.9. The molecule has 1 aliphatic rings. The Balaban J connectivity index is 0.00000529. The number of hydrogen-bond donors (Lipinski definition) is 2. The van der Waals surface area contributed by atoms with Crippen LogP contribution in [-0.2, 0) is 9.84 Å². The van der Waals surface area contributed by atoms with Crippen LogP contribution in [0.25, 0.3) is 0 Å². The third-order valence-electron chi connectivity index (χ3n) is 3.90. The zero-order valence-electron chi connectivity index (χ0n) is 15.4. The second-order valence-electron chi connectivity index (χ2n) is 6.20. The van der Waals surface area contributed by atoms with Crippen LogP contribution in [0.2, 0.25) is 0 Å². The van der Waals surface area contributed by atoms with Gasteiger partial charge in [-0.3, -0.25) is 4.99 Å². The quantitative estimate of drug-likeness (QED) is 0.219. The van der Waals surface area contributed by atoms with Gasteiger partial charge in [-0.2, -0.15) is 0 Å². The SMILES string of the molecule is CCCN(CCC)CCCN=C(NCC)NC1CCS(=O)(=O)C1.I. The largest absolute Gasteiger partial charge is 0.357 e. The summed E-state index contributed by atoms with van der Waals surface area (Å²) in [7, 11) is -2.86. The second-order valence-corrected chi connectivity index (χ2v) is 8.43. The van der Waals surface area contributed by atoms with Crippen LogP contribution in [0.1, 0.15) is 46.5 Å². The molecule has 0 bridgehead atoms. The van der Waals surface area contributed by atoms with E-state index >= 15 is 0 Å². The van der Waals surface area contributed by atoms with E-state index in [1.807, 2.05) is 6.92 Å². The highest BCUT2D eigenvalue weighted by atomic mass is 127. The lowest BCUT2D eigenvalue weighted by atomic mass is 10.3. The van der Waals surface area contributed by atoms with Gasteiger partial charge in [0.25, 0.3) is 0 Å². The average molecular weight is 474 g/mol. The zero-order chi connectivity index (χ0) is 17.1. The number of guanidine groups is 1. The molecular weight excluding hydrogens is 439 g/mol. The minimum Gasteiger partial charge on any atom is -0.357 e. The Morgan fingerprint density at radius 3 is 2.33 bits per heavy atom. The highest BCUT2D eigenvalue weighted by molar-refractivity contribution is 14.0. The average Bonchev–Trinajstić information content (AvgIpc) is 2.83. The first-order valence-electron chi connectivity index (χ1n) is 8.98. The molecule has 0 saturated carbocycles. The van der Waals surface area contributed by atoms with E-state index in [0.717, 1.165) is 45.1 Å². The molecule has 1 atom stereocenters. The molecule has 1 unspecified atom stereocenters. The topological polar surface area (TPSA) is 73.8 Å². The van der Waals surface area contributed by atoms with E-state index in [4.69, 9.17) is 0 Å². The van der Waals surface area contributed by atoms with Crippen LogP contribution in [-0.4, -0.2) is 69.5 Å². The lowest BCUT2D eigenvalue weighted by molar-refractivity contribution is 0.273. The highest BCUT2D eigenvalue weighted by Gasteiger charge is 2.28. The molecule has 0 aromatic heterocycles. The molecule has 0 radical (unpaired) electrons. The van der Waals surface area contributed by atoms with Gasteiger partial charge in [-0.25, -0.2) is 8.42 Å².